The largest absolute Gasteiger partial charge is 0.415 e. The summed E-state index contributed by atoms with van der Waals surface area (Å²) in [6, 6.07) is 1.81. The average molecular weight is 208 g/mol. The van der Waals surface area contributed by atoms with E-state index in [2.05, 4.69) is 4.98 Å². The Balaban J connectivity index is 2.70. The first-order valence-electron chi connectivity index (χ1n) is 5.06. The van der Waals surface area contributed by atoms with Crippen molar-refractivity contribution in [2.75, 3.05) is 13.1 Å². The lowest BCUT2D eigenvalue weighted by molar-refractivity contribution is 0.157. The molecule has 0 aliphatic rings. The van der Waals surface area contributed by atoms with Crippen LogP contribution < -0.4 is 4.74 Å². The molecule has 15 heavy (non-hydrogen) atoms. The van der Waals surface area contributed by atoms with Gasteiger partial charge in [-0.3, -0.25) is 4.98 Å². The van der Waals surface area contributed by atoms with Crippen molar-refractivity contribution in [2.24, 2.45) is 0 Å². The van der Waals surface area contributed by atoms with Crippen molar-refractivity contribution in [2.45, 2.75) is 20.8 Å². The molecule has 0 aliphatic heterocycles. The van der Waals surface area contributed by atoms with Crippen LogP contribution in [-0.2, 0) is 0 Å². The molecule has 0 atom stereocenters. The lowest BCUT2D eigenvalue weighted by Crippen LogP contribution is -2.33. The number of nitrogens with zero attached hydrogens (tertiary/aromatic N) is 2. The highest BCUT2D eigenvalue weighted by molar-refractivity contribution is 5.70. The summed E-state index contributed by atoms with van der Waals surface area (Å²) in [7, 11) is 0. The van der Waals surface area contributed by atoms with Gasteiger partial charge in [0.25, 0.3) is 0 Å². The van der Waals surface area contributed by atoms with E-state index in [0.29, 0.717) is 18.8 Å². The number of carbonyl (C=O) groups is 1. The quantitative estimate of drug-likeness (QED) is 0.765. The predicted molar refractivity (Wildman–Crippen MR) is 57.9 cm³/mol. The molecule has 1 aromatic heterocycles. The second-order valence-corrected chi connectivity index (χ2v) is 3.18. The molecule has 0 saturated carbocycles. The minimum Gasteiger partial charge on any atom is -0.408 e. The van der Waals surface area contributed by atoms with E-state index < -0.39 is 0 Å². The van der Waals surface area contributed by atoms with Crippen LogP contribution in [0.3, 0.4) is 0 Å². The van der Waals surface area contributed by atoms with E-state index in [1.165, 1.54) is 0 Å². The van der Waals surface area contributed by atoms with Crippen molar-refractivity contribution in [1.29, 1.82) is 0 Å². The van der Waals surface area contributed by atoms with E-state index in [9.17, 15) is 4.79 Å². The number of pyridine rings is 1. The molecule has 0 unspecified atom stereocenters. The Morgan fingerprint density at radius 3 is 2.67 bits per heavy atom. The Morgan fingerprint density at radius 1 is 1.47 bits per heavy atom. The molecule has 4 heteroatoms. The van der Waals surface area contributed by atoms with Crippen molar-refractivity contribution in [3.05, 3.63) is 24.0 Å². The number of aromatic nitrogens is 1. The lowest BCUT2D eigenvalue weighted by atomic mass is 10.3. The minimum atomic E-state index is -0.323. The summed E-state index contributed by atoms with van der Waals surface area (Å²) < 4.78 is 5.21. The second kappa shape index (κ2) is 5.34. The maximum atomic E-state index is 11.6. The van der Waals surface area contributed by atoms with Crippen molar-refractivity contribution >= 4 is 6.09 Å². The third-order valence-corrected chi connectivity index (χ3v) is 2.21. The van der Waals surface area contributed by atoms with Gasteiger partial charge in [0.2, 0.25) is 0 Å². The molecule has 82 valence electrons. The van der Waals surface area contributed by atoms with Crippen LogP contribution in [0.5, 0.6) is 5.75 Å². The Bertz CT molecular complexity index is 335. The van der Waals surface area contributed by atoms with E-state index in [4.69, 9.17) is 4.74 Å². The first-order valence-corrected chi connectivity index (χ1v) is 5.06. The van der Waals surface area contributed by atoms with Gasteiger partial charge in [0.05, 0.1) is 6.20 Å². The van der Waals surface area contributed by atoms with E-state index in [1.54, 1.807) is 17.3 Å². The molecule has 0 N–H and O–H groups in total. The van der Waals surface area contributed by atoms with Gasteiger partial charge in [0, 0.05) is 19.3 Å². The van der Waals surface area contributed by atoms with Gasteiger partial charge in [-0.15, -0.1) is 0 Å². The Kier molecular flexibility index (Phi) is 4.09. The molecule has 1 amide bonds. The van der Waals surface area contributed by atoms with Crippen molar-refractivity contribution < 1.29 is 9.53 Å². The molecule has 0 bridgehead atoms. The standard InChI is InChI=1S/C11H16N2O2/c1-4-13(5-2)11(14)15-10-8-12-7-6-9(10)3/h6-8H,4-5H2,1-3H3. The maximum absolute atomic E-state index is 11.6. The van der Waals surface area contributed by atoms with Gasteiger partial charge >= 0.3 is 6.09 Å². The Hall–Kier alpha value is -1.58. The first kappa shape index (κ1) is 11.5. The monoisotopic (exact) mass is 208 g/mol. The number of hydrogen-bond acceptors (Lipinski definition) is 3. The Labute approximate surface area is 89.9 Å². The van der Waals surface area contributed by atoms with Crippen LogP contribution in [0.4, 0.5) is 4.79 Å². The number of rotatable bonds is 3. The molecule has 0 aromatic carbocycles. The van der Waals surface area contributed by atoms with Gasteiger partial charge in [-0.05, 0) is 32.4 Å². The summed E-state index contributed by atoms with van der Waals surface area (Å²) in [5.74, 6) is 0.523. The number of ether oxygens (including phenoxy) is 1. The number of hydrogen-bond donors (Lipinski definition) is 0. The minimum absolute atomic E-state index is 0.323. The maximum Gasteiger partial charge on any atom is 0.415 e. The van der Waals surface area contributed by atoms with Crippen molar-refractivity contribution in [3.63, 3.8) is 0 Å². The zero-order valence-electron chi connectivity index (χ0n) is 9.36. The summed E-state index contributed by atoms with van der Waals surface area (Å²) in [6.45, 7) is 7.01. The molecule has 1 heterocycles. The third kappa shape index (κ3) is 2.94. The van der Waals surface area contributed by atoms with E-state index in [0.717, 1.165) is 5.56 Å². The van der Waals surface area contributed by atoms with Crippen LogP contribution in [-0.4, -0.2) is 29.1 Å². The zero-order chi connectivity index (χ0) is 11.3. The van der Waals surface area contributed by atoms with Crippen LogP contribution in [0.1, 0.15) is 19.4 Å². The summed E-state index contributed by atoms with van der Waals surface area (Å²) in [4.78, 5) is 17.1. The molecule has 0 radical (unpaired) electrons. The van der Waals surface area contributed by atoms with Gasteiger partial charge < -0.3 is 9.64 Å². The fourth-order valence-electron chi connectivity index (χ4n) is 1.20. The SMILES string of the molecule is CCN(CC)C(=O)Oc1cnccc1C. The topological polar surface area (TPSA) is 42.4 Å². The molecular weight excluding hydrogens is 192 g/mol. The summed E-state index contributed by atoms with van der Waals surface area (Å²) in [5, 5.41) is 0. The van der Waals surface area contributed by atoms with Gasteiger partial charge in [-0.25, -0.2) is 4.79 Å². The highest BCUT2D eigenvalue weighted by Gasteiger charge is 2.12. The molecule has 0 aliphatic carbocycles. The van der Waals surface area contributed by atoms with Crippen LogP contribution in [0.25, 0.3) is 0 Å². The number of carbonyl (C=O) groups excluding carboxylic acids is 1. The fourth-order valence-corrected chi connectivity index (χ4v) is 1.20. The number of amides is 1. The summed E-state index contributed by atoms with van der Waals surface area (Å²) in [6.07, 6.45) is 2.90. The van der Waals surface area contributed by atoms with Gasteiger partial charge in [-0.2, -0.15) is 0 Å². The molecule has 1 aromatic rings. The first-order chi connectivity index (χ1) is 7.19. The summed E-state index contributed by atoms with van der Waals surface area (Å²) in [5.41, 5.74) is 0.908. The van der Waals surface area contributed by atoms with Crippen molar-refractivity contribution in [1.82, 2.24) is 9.88 Å². The smallest absolute Gasteiger partial charge is 0.408 e. The molecule has 0 fully saturated rings. The van der Waals surface area contributed by atoms with Crippen LogP contribution in [0.2, 0.25) is 0 Å². The second-order valence-electron chi connectivity index (χ2n) is 3.18. The van der Waals surface area contributed by atoms with Crippen LogP contribution >= 0.6 is 0 Å². The van der Waals surface area contributed by atoms with Gasteiger partial charge in [-0.1, -0.05) is 0 Å². The van der Waals surface area contributed by atoms with Crippen LogP contribution in [0, 0.1) is 6.92 Å². The van der Waals surface area contributed by atoms with Crippen molar-refractivity contribution in [3.8, 4) is 5.75 Å². The predicted octanol–water partition coefficient (Wildman–Crippen LogP) is 2.23. The third-order valence-electron chi connectivity index (χ3n) is 2.21. The molecule has 4 nitrogen and oxygen atoms in total. The van der Waals surface area contributed by atoms with Gasteiger partial charge in [0.15, 0.2) is 5.75 Å². The molecule has 1 rings (SSSR count). The fraction of sp³-hybridized carbons (Fsp3) is 0.455. The highest BCUT2D eigenvalue weighted by Crippen LogP contribution is 2.15. The average Bonchev–Trinajstić information content (AvgIpc) is 2.23. The normalized spacial score (nSPS) is 9.80. The van der Waals surface area contributed by atoms with E-state index >= 15 is 0 Å². The van der Waals surface area contributed by atoms with E-state index in [-0.39, 0.29) is 6.09 Å². The molecular formula is C11H16N2O2. The van der Waals surface area contributed by atoms with Gasteiger partial charge in [0.1, 0.15) is 0 Å². The highest BCUT2D eigenvalue weighted by atomic mass is 16.6. The molecule has 0 spiro atoms. The number of aryl methyl sites for hydroxylation is 1. The van der Waals surface area contributed by atoms with Crippen LogP contribution in [0.15, 0.2) is 18.5 Å². The Morgan fingerprint density at radius 2 is 2.13 bits per heavy atom. The lowest BCUT2D eigenvalue weighted by Gasteiger charge is -2.18. The summed E-state index contributed by atoms with van der Waals surface area (Å²) >= 11 is 0. The zero-order valence-corrected chi connectivity index (χ0v) is 9.36. The molecule has 0 saturated heterocycles. The van der Waals surface area contributed by atoms with E-state index in [1.807, 2.05) is 26.8 Å².